The first-order valence-electron chi connectivity index (χ1n) is 6.86. The van der Waals surface area contributed by atoms with E-state index in [9.17, 15) is 5.11 Å². The molecule has 1 fully saturated rings. The minimum atomic E-state index is -0.413. The molecule has 106 valence electrons. The Kier molecular flexibility index (Phi) is 5.39. The Morgan fingerprint density at radius 2 is 1.95 bits per heavy atom. The van der Waals surface area contributed by atoms with Gasteiger partial charge in [-0.05, 0) is 31.9 Å². The van der Waals surface area contributed by atoms with E-state index in [0.29, 0.717) is 0 Å². The monoisotopic (exact) mass is 327 g/mol. The van der Waals surface area contributed by atoms with Crippen LogP contribution in [0.4, 0.5) is 0 Å². The quantitative estimate of drug-likeness (QED) is 0.922. The zero-order valence-electron chi connectivity index (χ0n) is 11.6. The minimum Gasteiger partial charge on any atom is -0.388 e. The smallest absolute Gasteiger partial charge is 0.0813 e. The topological polar surface area (TPSA) is 32.7 Å². The standard InChI is InChI=1S/C15H22BrNO2/c1-11-9-17(10-12(2)19-11)8-7-15(18)13-5-3-4-6-14(13)16/h3-6,11-12,15,18H,7-10H2,1-2H3/t11-,12+,15?. The lowest BCUT2D eigenvalue weighted by Gasteiger charge is -2.35. The highest BCUT2D eigenvalue weighted by atomic mass is 79.9. The Labute approximate surface area is 123 Å². The normalized spacial score (nSPS) is 26.3. The Morgan fingerprint density at radius 1 is 1.32 bits per heavy atom. The van der Waals surface area contributed by atoms with Crippen LogP contribution in [0.25, 0.3) is 0 Å². The van der Waals surface area contributed by atoms with E-state index in [4.69, 9.17) is 4.74 Å². The zero-order chi connectivity index (χ0) is 13.8. The average molecular weight is 328 g/mol. The average Bonchev–Trinajstić information content (AvgIpc) is 2.35. The predicted octanol–water partition coefficient (Wildman–Crippen LogP) is 2.98. The molecule has 3 atom stereocenters. The van der Waals surface area contributed by atoms with E-state index < -0.39 is 6.10 Å². The van der Waals surface area contributed by atoms with E-state index in [0.717, 1.165) is 36.1 Å². The number of rotatable bonds is 4. The van der Waals surface area contributed by atoms with Crippen LogP contribution in [0.3, 0.4) is 0 Å². The summed E-state index contributed by atoms with van der Waals surface area (Å²) in [4.78, 5) is 2.37. The number of halogens is 1. The molecule has 1 N–H and O–H groups in total. The molecule has 19 heavy (non-hydrogen) atoms. The van der Waals surface area contributed by atoms with Gasteiger partial charge in [-0.1, -0.05) is 34.1 Å². The third-order valence-corrected chi connectivity index (χ3v) is 4.20. The molecule has 0 saturated carbocycles. The van der Waals surface area contributed by atoms with Crippen LogP contribution in [-0.4, -0.2) is 41.8 Å². The van der Waals surface area contributed by atoms with Crippen LogP contribution in [0.15, 0.2) is 28.7 Å². The fourth-order valence-corrected chi connectivity index (χ4v) is 3.22. The molecule has 3 nitrogen and oxygen atoms in total. The molecule has 0 bridgehead atoms. The molecule has 1 heterocycles. The van der Waals surface area contributed by atoms with Crippen molar-refractivity contribution in [2.75, 3.05) is 19.6 Å². The van der Waals surface area contributed by atoms with Crippen LogP contribution in [0.5, 0.6) is 0 Å². The van der Waals surface area contributed by atoms with E-state index in [1.807, 2.05) is 24.3 Å². The fraction of sp³-hybridized carbons (Fsp3) is 0.600. The van der Waals surface area contributed by atoms with Gasteiger partial charge in [0.2, 0.25) is 0 Å². The molecule has 0 radical (unpaired) electrons. The van der Waals surface area contributed by atoms with Crippen LogP contribution in [-0.2, 0) is 4.74 Å². The van der Waals surface area contributed by atoms with Crippen LogP contribution in [0.1, 0.15) is 31.9 Å². The van der Waals surface area contributed by atoms with Gasteiger partial charge in [0.15, 0.2) is 0 Å². The number of ether oxygens (including phenoxy) is 1. The van der Waals surface area contributed by atoms with Gasteiger partial charge in [-0.2, -0.15) is 0 Å². The van der Waals surface area contributed by atoms with Gasteiger partial charge in [0.25, 0.3) is 0 Å². The number of aliphatic hydroxyl groups excluding tert-OH is 1. The number of aliphatic hydroxyl groups is 1. The summed E-state index contributed by atoms with van der Waals surface area (Å²) in [7, 11) is 0. The molecule has 0 aliphatic carbocycles. The van der Waals surface area contributed by atoms with Crippen LogP contribution in [0, 0.1) is 0 Å². The van der Waals surface area contributed by atoms with E-state index in [1.165, 1.54) is 0 Å². The number of hydrogen-bond donors (Lipinski definition) is 1. The van der Waals surface area contributed by atoms with Crippen molar-refractivity contribution in [2.24, 2.45) is 0 Å². The molecule has 4 heteroatoms. The first-order chi connectivity index (χ1) is 9.06. The number of morpholine rings is 1. The summed E-state index contributed by atoms with van der Waals surface area (Å²) >= 11 is 3.49. The Hall–Kier alpha value is -0.420. The van der Waals surface area contributed by atoms with Gasteiger partial charge >= 0.3 is 0 Å². The predicted molar refractivity (Wildman–Crippen MR) is 80.2 cm³/mol. The Morgan fingerprint density at radius 3 is 2.58 bits per heavy atom. The van der Waals surface area contributed by atoms with Gasteiger partial charge in [-0.3, -0.25) is 4.90 Å². The van der Waals surface area contributed by atoms with Crippen molar-refractivity contribution in [3.8, 4) is 0 Å². The highest BCUT2D eigenvalue weighted by Gasteiger charge is 2.22. The molecule has 1 saturated heterocycles. The van der Waals surface area contributed by atoms with Crippen LogP contribution >= 0.6 is 15.9 Å². The second-order valence-corrected chi connectivity index (χ2v) is 6.20. The van der Waals surface area contributed by atoms with Gasteiger partial charge < -0.3 is 9.84 Å². The Balaban J connectivity index is 1.87. The third-order valence-electron chi connectivity index (χ3n) is 3.48. The van der Waals surface area contributed by atoms with Gasteiger partial charge in [-0.15, -0.1) is 0 Å². The molecule has 0 spiro atoms. The highest BCUT2D eigenvalue weighted by molar-refractivity contribution is 9.10. The van der Waals surface area contributed by atoms with Crippen LogP contribution < -0.4 is 0 Å². The summed E-state index contributed by atoms with van der Waals surface area (Å²) in [6.07, 6.45) is 0.903. The third kappa shape index (κ3) is 4.28. The summed E-state index contributed by atoms with van der Waals surface area (Å²) in [5, 5.41) is 10.3. The van der Waals surface area contributed by atoms with Crippen molar-refractivity contribution in [2.45, 2.75) is 38.6 Å². The number of hydrogen-bond acceptors (Lipinski definition) is 3. The summed E-state index contributed by atoms with van der Waals surface area (Å²) in [6.45, 7) is 7.01. The summed E-state index contributed by atoms with van der Waals surface area (Å²) in [5.74, 6) is 0. The molecule has 2 rings (SSSR count). The minimum absolute atomic E-state index is 0.282. The van der Waals surface area contributed by atoms with Gasteiger partial charge in [0.1, 0.15) is 0 Å². The van der Waals surface area contributed by atoms with Gasteiger partial charge in [0.05, 0.1) is 18.3 Å². The lowest BCUT2D eigenvalue weighted by molar-refractivity contribution is -0.0703. The summed E-state index contributed by atoms with van der Waals surface area (Å²) < 4.78 is 6.69. The molecular formula is C15H22BrNO2. The summed E-state index contributed by atoms with van der Waals surface area (Å²) in [5.41, 5.74) is 0.969. The molecule has 1 aliphatic heterocycles. The summed E-state index contributed by atoms with van der Waals surface area (Å²) in [6, 6.07) is 7.87. The second kappa shape index (κ2) is 6.84. The Bertz CT molecular complexity index is 403. The first kappa shape index (κ1) is 15.0. The number of benzene rings is 1. The van der Waals surface area contributed by atoms with E-state index in [1.54, 1.807) is 0 Å². The molecule has 1 aliphatic rings. The largest absolute Gasteiger partial charge is 0.388 e. The molecule has 1 aromatic carbocycles. The van der Waals surface area contributed by atoms with Crippen molar-refractivity contribution in [1.29, 1.82) is 0 Å². The molecular weight excluding hydrogens is 306 g/mol. The lowest BCUT2D eigenvalue weighted by Crippen LogP contribution is -2.45. The maximum absolute atomic E-state index is 10.3. The maximum atomic E-state index is 10.3. The van der Waals surface area contributed by atoms with Crippen molar-refractivity contribution in [3.63, 3.8) is 0 Å². The molecule has 1 aromatic rings. The van der Waals surface area contributed by atoms with E-state index >= 15 is 0 Å². The van der Waals surface area contributed by atoms with Crippen molar-refractivity contribution < 1.29 is 9.84 Å². The SMILES string of the molecule is C[C@@H]1CN(CCC(O)c2ccccc2Br)C[C@H](C)O1. The fourth-order valence-electron chi connectivity index (χ4n) is 2.67. The maximum Gasteiger partial charge on any atom is 0.0813 e. The molecule has 0 amide bonds. The highest BCUT2D eigenvalue weighted by Crippen LogP contribution is 2.25. The van der Waals surface area contributed by atoms with Crippen molar-refractivity contribution >= 4 is 15.9 Å². The molecule has 0 aromatic heterocycles. The first-order valence-corrected chi connectivity index (χ1v) is 7.66. The van der Waals surface area contributed by atoms with Gasteiger partial charge in [0, 0.05) is 24.1 Å². The number of nitrogens with zero attached hydrogens (tertiary/aromatic N) is 1. The van der Waals surface area contributed by atoms with E-state index in [2.05, 4.69) is 34.7 Å². The second-order valence-electron chi connectivity index (χ2n) is 5.34. The molecule has 1 unspecified atom stereocenters. The van der Waals surface area contributed by atoms with Crippen molar-refractivity contribution in [3.05, 3.63) is 34.3 Å². The zero-order valence-corrected chi connectivity index (χ0v) is 13.1. The van der Waals surface area contributed by atoms with Crippen LogP contribution in [0.2, 0.25) is 0 Å². The lowest BCUT2D eigenvalue weighted by atomic mass is 10.1. The van der Waals surface area contributed by atoms with Gasteiger partial charge in [-0.25, -0.2) is 0 Å². The van der Waals surface area contributed by atoms with Crippen molar-refractivity contribution in [1.82, 2.24) is 4.90 Å². The van der Waals surface area contributed by atoms with E-state index in [-0.39, 0.29) is 12.2 Å².